The molecule has 1 aromatic carbocycles. The molecule has 1 heterocycles. The largest absolute Gasteiger partial charge is 0.330 e. The van der Waals surface area contributed by atoms with Crippen molar-refractivity contribution < 1.29 is 8.78 Å². The summed E-state index contributed by atoms with van der Waals surface area (Å²) in [5, 5.41) is 0. The number of rotatable bonds is 3. The summed E-state index contributed by atoms with van der Waals surface area (Å²) >= 11 is 1.88. The van der Waals surface area contributed by atoms with Crippen molar-refractivity contribution in [1.29, 1.82) is 0 Å². The first-order valence-electron chi connectivity index (χ1n) is 5.66. The maximum absolute atomic E-state index is 13.8. The summed E-state index contributed by atoms with van der Waals surface area (Å²) in [6, 6.07) is 2.79. The number of nitrogens with zero attached hydrogens (tertiary/aromatic N) is 1. The molecular weight excluding hydrogens is 372 g/mol. The van der Waals surface area contributed by atoms with Crippen LogP contribution in [-0.2, 0) is 6.54 Å². The highest BCUT2D eigenvalue weighted by Crippen LogP contribution is 2.23. The van der Waals surface area contributed by atoms with Crippen LogP contribution < -0.4 is 5.73 Å². The van der Waals surface area contributed by atoms with Crippen LogP contribution >= 0.6 is 35.0 Å². The van der Waals surface area contributed by atoms with Gasteiger partial charge in [-0.2, -0.15) is 0 Å². The molecule has 2 nitrogen and oxygen atoms in total. The summed E-state index contributed by atoms with van der Waals surface area (Å²) in [7, 11) is 0. The third kappa shape index (κ3) is 3.53. The molecule has 0 saturated carbocycles. The lowest BCUT2D eigenvalue weighted by atomic mass is 10.1. The van der Waals surface area contributed by atoms with Crippen molar-refractivity contribution in [2.45, 2.75) is 13.0 Å². The first kappa shape index (κ1) is 16.1. The highest BCUT2D eigenvalue weighted by atomic mass is 127. The maximum Gasteiger partial charge on any atom is 0.143 e. The molecule has 0 bridgehead atoms. The van der Waals surface area contributed by atoms with Crippen molar-refractivity contribution in [1.82, 2.24) is 4.90 Å². The topological polar surface area (TPSA) is 29.3 Å². The summed E-state index contributed by atoms with van der Waals surface area (Å²) in [6.07, 6.45) is 1.02. The van der Waals surface area contributed by atoms with Gasteiger partial charge in [0.1, 0.15) is 11.6 Å². The van der Waals surface area contributed by atoms with Crippen LogP contribution in [0.1, 0.15) is 12.0 Å². The zero-order valence-electron chi connectivity index (χ0n) is 9.83. The second-order valence-corrected chi connectivity index (χ2v) is 5.61. The predicted octanol–water partition coefficient (Wildman–Crippen LogP) is 2.77. The van der Waals surface area contributed by atoms with Gasteiger partial charge in [0.15, 0.2) is 0 Å². The molecule has 1 aliphatic rings. The average molecular weight is 389 g/mol. The van der Waals surface area contributed by atoms with Crippen LogP contribution in [0.5, 0.6) is 0 Å². The first-order valence-corrected chi connectivity index (χ1v) is 6.74. The summed E-state index contributed by atoms with van der Waals surface area (Å²) < 4.78 is 27.8. The number of hydrogen-bond donors (Lipinski definition) is 1. The Morgan fingerprint density at radius 1 is 1.39 bits per heavy atom. The molecule has 0 aliphatic carbocycles. The average Bonchev–Trinajstić information content (AvgIpc) is 2.77. The Kier molecular flexibility index (Phi) is 6.23. The Morgan fingerprint density at radius 2 is 2.11 bits per heavy atom. The molecule has 0 radical (unpaired) electrons. The zero-order chi connectivity index (χ0) is 12.4. The molecule has 1 unspecified atom stereocenters. The van der Waals surface area contributed by atoms with Gasteiger partial charge in [-0.25, -0.2) is 8.78 Å². The molecule has 1 aromatic rings. The summed E-state index contributed by atoms with van der Waals surface area (Å²) in [4.78, 5) is 2.06. The van der Waals surface area contributed by atoms with Gasteiger partial charge in [-0.05, 0) is 60.2 Å². The third-order valence-corrected chi connectivity index (χ3v) is 4.06. The molecule has 2 rings (SSSR count). The lowest BCUT2D eigenvalue weighted by molar-refractivity contribution is 0.306. The van der Waals surface area contributed by atoms with Crippen LogP contribution in [0.2, 0.25) is 0 Å². The van der Waals surface area contributed by atoms with Crippen molar-refractivity contribution in [3.8, 4) is 0 Å². The third-order valence-electron chi connectivity index (χ3n) is 3.22. The van der Waals surface area contributed by atoms with E-state index in [1.807, 2.05) is 22.6 Å². The minimum Gasteiger partial charge on any atom is -0.330 e. The van der Waals surface area contributed by atoms with Crippen molar-refractivity contribution in [3.63, 3.8) is 0 Å². The molecule has 1 atom stereocenters. The standard InChI is InChI=1S/C12H15F2IN2.ClH/c13-10-1-2-11(15)12(14)9(10)7-17-4-3-8(5-16)6-17;/h1-2,8H,3-7,16H2;1H. The van der Waals surface area contributed by atoms with E-state index in [2.05, 4.69) is 4.90 Å². The van der Waals surface area contributed by atoms with E-state index in [1.165, 1.54) is 12.1 Å². The lowest BCUT2D eigenvalue weighted by Crippen LogP contribution is -2.24. The fourth-order valence-electron chi connectivity index (χ4n) is 2.19. The van der Waals surface area contributed by atoms with E-state index >= 15 is 0 Å². The van der Waals surface area contributed by atoms with Crippen molar-refractivity contribution in [2.75, 3.05) is 19.6 Å². The van der Waals surface area contributed by atoms with Crippen molar-refractivity contribution in [2.24, 2.45) is 11.7 Å². The van der Waals surface area contributed by atoms with Crippen LogP contribution in [0.3, 0.4) is 0 Å². The molecule has 2 N–H and O–H groups in total. The van der Waals surface area contributed by atoms with Gasteiger partial charge in [-0.1, -0.05) is 0 Å². The zero-order valence-corrected chi connectivity index (χ0v) is 12.8. The number of likely N-dealkylation sites (tertiary alicyclic amines) is 1. The fourth-order valence-corrected chi connectivity index (χ4v) is 2.69. The Hall–Kier alpha value is 0.0200. The monoisotopic (exact) mass is 388 g/mol. The highest BCUT2D eigenvalue weighted by Gasteiger charge is 2.23. The van der Waals surface area contributed by atoms with Crippen LogP contribution in [-0.4, -0.2) is 24.5 Å². The predicted molar refractivity (Wildman–Crippen MR) is 78.8 cm³/mol. The van der Waals surface area contributed by atoms with Gasteiger partial charge >= 0.3 is 0 Å². The van der Waals surface area contributed by atoms with E-state index in [0.717, 1.165) is 19.5 Å². The van der Waals surface area contributed by atoms with Crippen molar-refractivity contribution in [3.05, 3.63) is 32.9 Å². The van der Waals surface area contributed by atoms with Crippen LogP contribution in [0, 0.1) is 21.1 Å². The summed E-state index contributed by atoms with van der Waals surface area (Å²) in [5.74, 6) is -0.426. The Balaban J connectivity index is 0.00000162. The minimum atomic E-state index is -0.459. The number of nitrogens with two attached hydrogens (primary N) is 1. The molecular formula is C12H16ClF2IN2. The van der Waals surface area contributed by atoms with Gasteiger partial charge in [0.05, 0.1) is 0 Å². The number of benzene rings is 1. The molecule has 0 amide bonds. The van der Waals surface area contributed by atoms with Crippen LogP contribution in [0.15, 0.2) is 12.1 Å². The second-order valence-electron chi connectivity index (χ2n) is 4.45. The molecule has 1 aliphatic heterocycles. The van der Waals surface area contributed by atoms with E-state index in [9.17, 15) is 8.78 Å². The van der Waals surface area contributed by atoms with E-state index in [1.54, 1.807) is 0 Å². The van der Waals surface area contributed by atoms with E-state index in [4.69, 9.17) is 5.73 Å². The van der Waals surface area contributed by atoms with Crippen LogP contribution in [0.25, 0.3) is 0 Å². The molecule has 1 saturated heterocycles. The first-order chi connectivity index (χ1) is 8.11. The van der Waals surface area contributed by atoms with Crippen LogP contribution in [0.4, 0.5) is 8.78 Å². The minimum absolute atomic E-state index is 0. The Bertz CT molecular complexity index is 417. The number of hydrogen-bond acceptors (Lipinski definition) is 2. The Morgan fingerprint density at radius 3 is 2.72 bits per heavy atom. The van der Waals surface area contributed by atoms with Gasteiger partial charge in [0, 0.05) is 22.2 Å². The quantitative estimate of drug-likeness (QED) is 0.637. The van der Waals surface area contributed by atoms with E-state index < -0.39 is 11.6 Å². The van der Waals surface area contributed by atoms with E-state index in [0.29, 0.717) is 22.6 Å². The summed E-state index contributed by atoms with van der Waals surface area (Å²) in [6.45, 7) is 2.69. The summed E-state index contributed by atoms with van der Waals surface area (Å²) in [5.41, 5.74) is 5.77. The molecule has 102 valence electrons. The van der Waals surface area contributed by atoms with Crippen molar-refractivity contribution >= 4 is 35.0 Å². The highest BCUT2D eigenvalue weighted by molar-refractivity contribution is 14.1. The van der Waals surface area contributed by atoms with E-state index in [-0.39, 0.29) is 18.0 Å². The molecule has 1 fully saturated rings. The van der Waals surface area contributed by atoms with Gasteiger partial charge in [-0.15, -0.1) is 12.4 Å². The van der Waals surface area contributed by atoms with Gasteiger partial charge in [-0.3, -0.25) is 4.90 Å². The SMILES string of the molecule is Cl.NCC1CCN(Cc2c(F)ccc(I)c2F)C1. The van der Waals surface area contributed by atoms with Gasteiger partial charge in [0.2, 0.25) is 0 Å². The second kappa shape index (κ2) is 6.98. The molecule has 6 heteroatoms. The lowest BCUT2D eigenvalue weighted by Gasteiger charge is -2.17. The smallest absolute Gasteiger partial charge is 0.143 e. The van der Waals surface area contributed by atoms with Gasteiger partial charge in [0.25, 0.3) is 0 Å². The Labute approximate surface area is 125 Å². The number of halogens is 4. The maximum atomic E-state index is 13.8. The fraction of sp³-hybridized carbons (Fsp3) is 0.500. The molecule has 0 spiro atoms. The normalized spacial score (nSPS) is 19.9. The van der Waals surface area contributed by atoms with Gasteiger partial charge < -0.3 is 5.73 Å². The molecule has 0 aromatic heterocycles. The molecule has 18 heavy (non-hydrogen) atoms.